The van der Waals surface area contributed by atoms with Gasteiger partial charge in [0.2, 0.25) is 10.0 Å². The van der Waals surface area contributed by atoms with Crippen LogP contribution in [0.5, 0.6) is 0 Å². The van der Waals surface area contributed by atoms with E-state index in [1.54, 1.807) is 36.3 Å². The molecule has 2 atom stereocenters. The Morgan fingerprint density at radius 2 is 1.72 bits per heavy atom. The SMILES string of the molecule is CSC1=C(c2ccc(C)cc2)C=CC(C)(S(=O)(=O)n2cccc2)C1C. The molecule has 2 unspecified atom stereocenters. The molecule has 1 aromatic heterocycles. The van der Waals surface area contributed by atoms with E-state index in [-0.39, 0.29) is 5.92 Å². The minimum atomic E-state index is -3.54. The average molecular weight is 374 g/mol. The number of hydrogen-bond acceptors (Lipinski definition) is 3. The first-order valence-corrected chi connectivity index (χ1v) is 10.9. The fourth-order valence-corrected chi connectivity index (χ4v) is 6.04. The molecule has 0 spiro atoms. The number of aromatic nitrogens is 1. The second-order valence-corrected chi connectivity index (χ2v) is 9.70. The molecule has 25 heavy (non-hydrogen) atoms. The van der Waals surface area contributed by atoms with E-state index in [4.69, 9.17) is 0 Å². The minimum Gasteiger partial charge on any atom is -0.252 e. The van der Waals surface area contributed by atoms with Gasteiger partial charge < -0.3 is 0 Å². The fourth-order valence-electron chi connectivity index (χ4n) is 3.24. The third-order valence-corrected chi connectivity index (χ3v) is 8.51. The van der Waals surface area contributed by atoms with Crippen LogP contribution in [0.15, 0.2) is 65.8 Å². The number of aryl methyl sites for hydroxylation is 1. The van der Waals surface area contributed by atoms with E-state index in [2.05, 4.69) is 31.2 Å². The smallest absolute Gasteiger partial charge is 0.248 e. The van der Waals surface area contributed by atoms with Crippen molar-refractivity contribution in [1.82, 2.24) is 3.97 Å². The molecule has 5 heteroatoms. The van der Waals surface area contributed by atoms with Crippen molar-refractivity contribution in [3.63, 3.8) is 0 Å². The van der Waals surface area contributed by atoms with Gasteiger partial charge in [-0.15, -0.1) is 11.8 Å². The summed E-state index contributed by atoms with van der Waals surface area (Å²) < 4.78 is 26.8. The topological polar surface area (TPSA) is 39.1 Å². The Morgan fingerprint density at radius 1 is 1.12 bits per heavy atom. The molecule has 132 valence electrons. The zero-order valence-electron chi connectivity index (χ0n) is 14.9. The Labute approximate surface area is 154 Å². The number of thioether (sulfide) groups is 1. The number of nitrogens with zero attached hydrogens (tertiary/aromatic N) is 1. The zero-order chi connectivity index (χ0) is 18.2. The molecule has 1 heterocycles. The quantitative estimate of drug-likeness (QED) is 0.779. The summed E-state index contributed by atoms with van der Waals surface area (Å²) >= 11 is 1.63. The van der Waals surface area contributed by atoms with Gasteiger partial charge >= 0.3 is 0 Å². The molecular weight excluding hydrogens is 350 g/mol. The Morgan fingerprint density at radius 3 is 2.28 bits per heavy atom. The summed E-state index contributed by atoms with van der Waals surface area (Å²) in [6, 6.07) is 11.8. The number of rotatable bonds is 4. The standard InChI is InChI=1S/C20H23NO2S2/c1-15-7-9-17(10-8-15)18-11-12-20(3,16(2)19(18)24-4)25(22,23)21-13-5-6-14-21/h5-14,16H,1-4H3. The summed E-state index contributed by atoms with van der Waals surface area (Å²) in [5.74, 6) is -0.142. The largest absolute Gasteiger partial charge is 0.252 e. The van der Waals surface area contributed by atoms with Crippen LogP contribution in [-0.4, -0.2) is 23.4 Å². The Balaban J connectivity index is 2.10. The van der Waals surface area contributed by atoms with Crippen LogP contribution in [0.1, 0.15) is 25.0 Å². The first kappa shape index (κ1) is 18.1. The second kappa shape index (κ2) is 6.54. The number of benzene rings is 1. The van der Waals surface area contributed by atoms with Gasteiger partial charge in [0.25, 0.3) is 0 Å². The van der Waals surface area contributed by atoms with Gasteiger partial charge in [-0.25, -0.2) is 8.42 Å². The molecular formula is C20H23NO2S2. The van der Waals surface area contributed by atoms with Crippen LogP contribution in [-0.2, 0) is 10.0 Å². The van der Waals surface area contributed by atoms with Crippen molar-refractivity contribution in [3.8, 4) is 0 Å². The highest BCUT2D eigenvalue weighted by molar-refractivity contribution is 8.02. The Kier molecular flexibility index (Phi) is 4.73. The number of allylic oxidation sites excluding steroid dienone is 3. The third kappa shape index (κ3) is 2.89. The van der Waals surface area contributed by atoms with Crippen molar-refractivity contribution in [1.29, 1.82) is 0 Å². The van der Waals surface area contributed by atoms with E-state index in [0.29, 0.717) is 0 Å². The summed E-state index contributed by atoms with van der Waals surface area (Å²) in [4.78, 5) is 1.10. The van der Waals surface area contributed by atoms with E-state index < -0.39 is 14.8 Å². The lowest BCUT2D eigenvalue weighted by molar-refractivity contribution is 0.504. The minimum absolute atomic E-state index is 0.142. The van der Waals surface area contributed by atoms with Gasteiger partial charge in [-0.1, -0.05) is 48.9 Å². The van der Waals surface area contributed by atoms with Gasteiger partial charge in [0.05, 0.1) is 0 Å². The molecule has 3 rings (SSSR count). The van der Waals surface area contributed by atoms with Crippen molar-refractivity contribution < 1.29 is 8.42 Å². The fraction of sp³-hybridized carbons (Fsp3) is 0.300. The summed E-state index contributed by atoms with van der Waals surface area (Å²) in [5, 5.41) is 0. The van der Waals surface area contributed by atoms with E-state index >= 15 is 0 Å². The molecule has 0 saturated heterocycles. The van der Waals surface area contributed by atoms with Gasteiger partial charge in [-0.3, -0.25) is 3.97 Å². The third-order valence-electron chi connectivity index (χ3n) is 5.09. The normalized spacial score (nSPS) is 23.9. The lowest BCUT2D eigenvalue weighted by Gasteiger charge is -2.37. The molecule has 0 fully saturated rings. The monoisotopic (exact) mass is 373 g/mol. The van der Waals surface area contributed by atoms with Crippen molar-refractivity contribution >= 4 is 27.4 Å². The molecule has 3 nitrogen and oxygen atoms in total. The summed E-state index contributed by atoms with van der Waals surface area (Å²) in [6.45, 7) is 5.88. The summed E-state index contributed by atoms with van der Waals surface area (Å²) in [6.07, 6.45) is 9.03. The second-order valence-electron chi connectivity index (χ2n) is 6.60. The van der Waals surface area contributed by atoms with Gasteiger partial charge in [0.15, 0.2) is 0 Å². The molecule has 1 aromatic carbocycles. The van der Waals surface area contributed by atoms with Crippen LogP contribution in [0.25, 0.3) is 5.57 Å². The molecule has 2 aromatic rings. The molecule has 1 aliphatic carbocycles. The van der Waals surface area contributed by atoms with E-state index in [9.17, 15) is 8.42 Å². The van der Waals surface area contributed by atoms with Gasteiger partial charge in [-0.2, -0.15) is 0 Å². The highest BCUT2D eigenvalue weighted by Crippen LogP contribution is 2.45. The highest BCUT2D eigenvalue weighted by atomic mass is 32.2. The van der Waals surface area contributed by atoms with E-state index in [0.717, 1.165) is 16.0 Å². The zero-order valence-corrected chi connectivity index (χ0v) is 16.6. The maximum Gasteiger partial charge on any atom is 0.248 e. The molecule has 0 aliphatic heterocycles. The van der Waals surface area contributed by atoms with Crippen molar-refractivity contribution in [2.24, 2.45) is 5.92 Å². The molecule has 0 amide bonds. The van der Waals surface area contributed by atoms with Crippen molar-refractivity contribution in [2.45, 2.75) is 25.5 Å². The van der Waals surface area contributed by atoms with E-state index in [1.165, 1.54) is 9.54 Å². The maximum atomic E-state index is 13.2. The predicted octanol–water partition coefficient (Wildman–Crippen LogP) is 4.71. The van der Waals surface area contributed by atoms with Gasteiger partial charge in [0, 0.05) is 18.3 Å². The molecule has 0 radical (unpaired) electrons. The van der Waals surface area contributed by atoms with Gasteiger partial charge in [-0.05, 0) is 48.3 Å². The predicted molar refractivity (Wildman–Crippen MR) is 107 cm³/mol. The lowest BCUT2D eigenvalue weighted by atomic mass is 9.85. The summed E-state index contributed by atoms with van der Waals surface area (Å²) in [7, 11) is -3.54. The van der Waals surface area contributed by atoms with Crippen LogP contribution in [0.2, 0.25) is 0 Å². The maximum absolute atomic E-state index is 13.2. The molecule has 0 N–H and O–H groups in total. The van der Waals surface area contributed by atoms with Crippen molar-refractivity contribution in [2.75, 3.05) is 6.26 Å². The van der Waals surface area contributed by atoms with Crippen LogP contribution in [0.3, 0.4) is 0 Å². The average Bonchev–Trinajstić information content (AvgIpc) is 3.13. The first-order valence-electron chi connectivity index (χ1n) is 8.24. The van der Waals surface area contributed by atoms with Crippen LogP contribution < -0.4 is 0 Å². The Bertz CT molecular complexity index is 923. The van der Waals surface area contributed by atoms with Crippen LogP contribution >= 0.6 is 11.8 Å². The number of hydrogen-bond donors (Lipinski definition) is 0. The molecule has 0 bridgehead atoms. The molecule has 1 aliphatic rings. The first-order chi connectivity index (χ1) is 11.8. The Hall–Kier alpha value is -1.72. The van der Waals surface area contributed by atoms with Crippen LogP contribution in [0.4, 0.5) is 0 Å². The van der Waals surface area contributed by atoms with Crippen LogP contribution in [0, 0.1) is 12.8 Å². The molecule has 0 saturated carbocycles. The highest BCUT2D eigenvalue weighted by Gasteiger charge is 2.46. The van der Waals surface area contributed by atoms with Gasteiger partial charge in [0.1, 0.15) is 4.75 Å². The summed E-state index contributed by atoms with van der Waals surface area (Å²) in [5.41, 5.74) is 3.45. The lowest BCUT2D eigenvalue weighted by Crippen LogP contribution is -2.44. The van der Waals surface area contributed by atoms with Crippen molar-refractivity contribution in [3.05, 3.63) is 77.0 Å². The van der Waals surface area contributed by atoms with E-state index in [1.807, 2.05) is 32.3 Å².